The topological polar surface area (TPSA) is 39.2 Å². The second kappa shape index (κ2) is 4.22. The van der Waals surface area contributed by atoms with Gasteiger partial charge in [0.25, 0.3) is 0 Å². The number of rotatable bonds is 2. The molecule has 0 fully saturated rings. The summed E-state index contributed by atoms with van der Waals surface area (Å²) in [6.45, 7) is 6.44. The molecule has 0 aliphatic heterocycles. The van der Waals surface area contributed by atoms with Gasteiger partial charge in [0.1, 0.15) is 5.69 Å². The Bertz CT molecular complexity index is 301. The summed E-state index contributed by atoms with van der Waals surface area (Å²) < 4.78 is 5.09. The van der Waals surface area contributed by atoms with E-state index in [1.165, 1.54) is 0 Å². The summed E-state index contributed by atoms with van der Waals surface area (Å²) in [5.74, 6) is -0.361. The van der Waals surface area contributed by atoms with Crippen molar-refractivity contribution in [2.75, 3.05) is 6.61 Å². The fourth-order valence-corrected chi connectivity index (χ4v) is 0.839. The summed E-state index contributed by atoms with van der Waals surface area (Å²) in [6.07, 6.45) is 1.58. The highest BCUT2D eigenvalue weighted by atomic mass is 16.5. The molecule has 0 N–H and O–H groups in total. The SMILES string of the molecule is CC(C)(C)COC(=O)c1ccccn1. The van der Waals surface area contributed by atoms with Crippen molar-refractivity contribution in [3.63, 3.8) is 0 Å². The molecule has 1 aromatic heterocycles. The van der Waals surface area contributed by atoms with Gasteiger partial charge in [0.2, 0.25) is 0 Å². The molecule has 0 aliphatic rings. The molecule has 1 heterocycles. The van der Waals surface area contributed by atoms with E-state index in [4.69, 9.17) is 4.74 Å². The number of ether oxygens (including phenoxy) is 1. The molecule has 0 bridgehead atoms. The monoisotopic (exact) mass is 193 g/mol. The largest absolute Gasteiger partial charge is 0.460 e. The number of nitrogens with zero attached hydrogens (tertiary/aromatic N) is 1. The van der Waals surface area contributed by atoms with Crippen molar-refractivity contribution in [3.8, 4) is 0 Å². The van der Waals surface area contributed by atoms with E-state index in [1.807, 2.05) is 20.8 Å². The molecule has 76 valence electrons. The lowest BCUT2D eigenvalue weighted by Gasteiger charge is -2.17. The van der Waals surface area contributed by atoms with Gasteiger partial charge >= 0.3 is 5.97 Å². The lowest BCUT2D eigenvalue weighted by Crippen LogP contribution is -2.18. The molecule has 1 aromatic rings. The van der Waals surface area contributed by atoms with E-state index in [0.717, 1.165) is 0 Å². The first kappa shape index (κ1) is 10.7. The molecule has 0 saturated heterocycles. The molecule has 0 aliphatic carbocycles. The standard InChI is InChI=1S/C11H15NO2/c1-11(2,3)8-14-10(13)9-6-4-5-7-12-9/h4-7H,8H2,1-3H3. The van der Waals surface area contributed by atoms with Crippen LogP contribution in [-0.4, -0.2) is 17.6 Å². The van der Waals surface area contributed by atoms with Gasteiger partial charge in [-0.2, -0.15) is 0 Å². The fourth-order valence-electron chi connectivity index (χ4n) is 0.839. The maximum absolute atomic E-state index is 11.4. The molecule has 0 aromatic carbocycles. The zero-order valence-corrected chi connectivity index (χ0v) is 8.78. The van der Waals surface area contributed by atoms with Crippen LogP contribution in [0.5, 0.6) is 0 Å². The van der Waals surface area contributed by atoms with Crippen LogP contribution in [0.15, 0.2) is 24.4 Å². The smallest absolute Gasteiger partial charge is 0.356 e. The maximum Gasteiger partial charge on any atom is 0.356 e. The fraction of sp³-hybridized carbons (Fsp3) is 0.455. The molecule has 0 amide bonds. The lowest BCUT2D eigenvalue weighted by atomic mass is 9.99. The summed E-state index contributed by atoms with van der Waals surface area (Å²) >= 11 is 0. The van der Waals surface area contributed by atoms with E-state index in [0.29, 0.717) is 12.3 Å². The normalized spacial score (nSPS) is 11.1. The van der Waals surface area contributed by atoms with Gasteiger partial charge in [-0.05, 0) is 17.5 Å². The average molecular weight is 193 g/mol. The van der Waals surface area contributed by atoms with Gasteiger partial charge in [-0.1, -0.05) is 26.8 Å². The van der Waals surface area contributed by atoms with Crippen molar-refractivity contribution in [2.24, 2.45) is 5.41 Å². The molecule has 0 atom stereocenters. The number of hydrogen-bond acceptors (Lipinski definition) is 3. The minimum Gasteiger partial charge on any atom is -0.460 e. The predicted octanol–water partition coefficient (Wildman–Crippen LogP) is 2.28. The first-order valence-electron chi connectivity index (χ1n) is 4.57. The van der Waals surface area contributed by atoms with Gasteiger partial charge in [-0.25, -0.2) is 9.78 Å². The van der Waals surface area contributed by atoms with Crippen molar-refractivity contribution in [2.45, 2.75) is 20.8 Å². The second-order valence-electron chi connectivity index (χ2n) is 4.35. The molecular formula is C11H15NO2. The van der Waals surface area contributed by atoms with Crippen molar-refractivity contribution in [1.82, 2.24) is 4.98 Å². The summed E-state index contributed by atoms with van der Waals surface area (Å²) in [5.41, 5.74) is 0.349. The minimum atomic E-state index is -0.361. The van der Waals surface area contributed by atoms with Gasteiger partial charge in [0.05, 0.1) is 6.61 Å². The average Bonchev–Trinajstić information content (AvgIpc) is 2.14. The first-order chi connectivity index (χ1) is 6.49. The van der Waals surface area contributed by atoms with E-state index < -0.39 is 0 Å². The number of carbonyl (C=O) groups is 1. The van der Waals surface area contributed by atoms with Crippen LogP contribution < -0.4 is 0 Å². The lowest BCUT2D eigenvalue weighted by molar-refractivity contribution is 0.0360. The molecule has 0 unspecified atom stereocenters. The summed E-state index contributed by atoms with van der Waals surface area (Å²) in [7, 11) is 0. The third-order valence-electron chi connectivity index (χ3n) is 1.51. The number of esters is 1. The van der Waals surface area contributed by atoms with Crippen molar-refractivity contribution < 1.29 is 9.53 Å². The van der Waals surface area contributed by atoms with E-state index >= 15 is 0 Å². The van der Waals surface area contributed by atoms with Crippen LogP contribution in [0.3, 0.4) is 0 Å². The summed E-state index contributed by atoms with van der Waals surface area (Å²) in [5, 5.41) is 0. The van der Waals surface area contributed by atoms with Crippen LogP contribution in [0.2, 0.25) is 0 Å². The molecular weight excluding hydrogens is 178 g/mol. The van der Waals surface area contributed by atoms with Crippen LogP contribution >= 0.6 is 0 Å². The van der Waals surface area contributed by atoms with Gasteiger partial charge < -0.3 is 4.74 Å². The quantitative estimate of drug-likeness (QED) is 0.676. The zero-order chi connectivity index (χ0) is 10.6. The van der Waals surface area contributed by atoms with Crippen LogP contribution in [0, 0.1) is 5.41 Å². The zero-order valence-electron chi connectivity index (χ0n) is 8.78. The maximum atomic E-state index is 11.4. The minimum absolute atomic E-state index is 0.00948. The van der Waals surface area contributed by atoms with Gasteiger partial charge in [0, 0.05) is 6.20 Å². The third kappa shape index (κ3) is 3.56. The highest BCUT2D eigenvalue weighted by Gasteiger charge is 2.15. The Hall–Kier alpha value is -1.38. The molecule has 0 radical (unpaired) electrons. The van der Waals surface area contributed by atoms with Crippen LogP contribution in [0.4, 0.5) is 0 Å². The van der Waals surface area contributed by atoms with Gasteiger partial charge in [-0.3, -0.25) is 0 Å². The highest BCUT2D eigenvalue weighted by Crippen LogP contribution is 2.13. The number of pyridine rings is 1. The van der Waals surface area contributed by atoms with Gasteiger partial charge in [-0.15, -0.1) is 0 Å². The molecule has 0 spiro atoms. The molecule has 14 heavy (non-hydrogen) atoms. The summed E-state index contributed by atoms with van der Waals surface area (Å²) in [6, 6.07) is 5.17. The molecule has 1 rings (SSSR count). The van der Waals surface area contributed by atoms with E-state index in [9.17, 15) is 4.79 Å². The number of hydrogen-bond donors (Lipinski definition) is 0. The molecule has 0 saturated carbocycles. The Morgan fingerprint density at radius 1 is 1.43 bits per heavy atom. The van der Waals surface area contributed by atoms with Crippen LogP contribution in [0.25, 0.3) is 0 Å². The Morgan fingerprint density at radius 2 is 2.14 bits per heavy atom. The number of aromatic nitrogens is 1. The highest BCUT2D eigenvalue weighted by molar-refractivity contribution is 5.87. The van der Waals surface area contributed by atoms with Crippen LogP contribution in [-0.2, 0) is 4.74 Å². The Balaban J connectivity index is 2.52. The number of carbonyl (C=O) groups excluding carboxylic acids is 1. The second-order valence-corrected chi connectivity index (χ2v) is 4.35. The van der Waals surface area contributed by atoms with Crippen LogP contribution in [0.1, 0.15) is 31.3 Å². The Labute approximate surface area is 84.1 Å². The third-order valence-corrected chi connectivity index (χ3v) is 1.51. The Kier molecular flexibility index (Phi) is 3.23. The Morgan fingerprint density at radius 3 is 2.64 bits per heavy atom. The van der Waals surface area contributed by atoms with E-state index in [1.54, 1.807) is 24.4 Å². The van der Waals surface area contributed by atoms with Crippen molar-refractivity contribution in [3.05, 3.63) is 30.1 Å². The molecule has 3 heteroatoms. The van der Waals surface area contributed by atoms with Gasteiger partial charge in [0.15, 0.2) is 0 Å². The predicted molar refractivity (Wildman–Crippen MR) is 54.0 cm³/mol. The van der Waals surface area contributed by atoms with E-state index in [2.05, 4.69) is 4.98 Å². The molecule has 3 nitrogen and oxygen atoms in total. The van der Waals surface area contributed by atoms with Crippen molar-refractivity contribution in [1.29, 1.82) is 0 Å². The first-order valence-corrected chi connectivity index (χ1v) is 4.57. The van der Waals surface area contributed by atoms with E-state index in [-0.39, 0.29) is 11.4 Å². The summed E-state index contributed by atoms with van der Waals surface area (Å²) in [4.78, 5) is 15.3. The van der Waals surface area contributed by atoms with Crippen molar-refractivity contribution >= 4 is 5.97 Å².